The number of nitrogens with zero attached hydrogens (tertiary/aromatic N) is 1. The molecule has 0 bridgehead atoms. The molecule has 1 aromatic rings. The summed E-state index contributed by atoms with van der Waals surface area (Å²) in [5, 5.41) is 8.23. The van der Waals surface area contributed by atoms with E-state index in [1.165, 1.54) is 6.07 Å². The molecule has 82 valence electrons. The highest BCUT2D eigenvalue weighted by atomic mass is 79.9. The van der Waals surface area contributed by atoms with Crippen LogP contribution in [0.1, 0.15) is 17.7 Å². The molecule has 1 rings (SSSR count). The van der Waals surface area contributed by atoms with Gasteiger partial charge in [-0.2, -0.15) is 0 Å². The third-order valence-electron chi connectivity index (χ3n) is 1.58. The molecule has 0 radical (unpaired) electrons. The topological polar surface area (TPSA) is 50.2 Å². The van der Waals surface area contributed by atoms with Crippen molar-refractivity contribution in [3.8, 4) is 0 Å². The maximum atomic E-state index is 12.4. The minimum atomic E-state index is -2.83. The molecule has 1 N–H and O–H groups in total. The number of hydrogen-bond donors (Lipinski definition) is 1. The first-order valence-corrected chi connectivity index (χ1v) is 4.93. The van der Waals surface area contributed by atoms with E-state index in [4.69, 9.17) is 16.7 Å². The molecule has 0 aliphatic carbocycles. The molecule has 1 aromatic heterocycles. The van der Waals surface area contributed by atoms with E-state index in [0.29, 0.717) is 0 Å². The molecule has 0 spiro atoms. The van der Waals surface area contributed by atoms with Crippen LogP contribution in [0.4, 0.5) is 8.78 Å². The first-order chi connectivity index (χ1) is 6.91. The molecule has 7 heteroatoms. The highest BCUT2D eigenvalue weighted by Gasteiger charge is 2.19. The molecular weight excluding hydrogens is 295 g/mol. The van der Waals surface area contributed by atoms with Crippen LogP contribution in [0.2, 0.25) is 5.02 Å². The number of carboxylic acids is 1. The van der Waals surface area contributed by atoms with Gasteiger partial charge in [-0.15, -0.1) is 0 Å². The molecule has 0 aliphatic heterocycles. The molecule has 0 amide bonds. The van der Waals surface area contributed by atoms with Gasteiger partial charge in [0.2, 0.25) is 0 Å². The fourth-order valence-electron chi connectivity index (χ4n) is 1.00. The third-order valence-corrected chi connectivity index (χ3v) is 2.42. The van der Waals surface area contributed by atoms with E-state index in [1.807, 2.05) is 0 Å². The lowest BCUT2D eigenvalue weighted by atomic mass is 10.1. The van der Waals surface area contributed by atoms with E-state index < -0.39 is 24.5 Å². The molecule has 0 aromatic carbocycles. The Balaban J connectivity index is 3.21. The van der Waals surface area contributed by atoms with E-state index >= 15 is 0 Å². The average Bonchev–Trinajstić information content (AvgIpc) is 2.09. The lowest BCUT2D eigenvalue weighted by molar-refractivity contribution is -0.136. The van der Waals surface area contributed by atoms with Crippen molar-refractivity contribution in [2.75, 3.05) is 0 Å². The minimum Gasteiger partial charge on any atom is -0.481 e. The van der Waals surface area contributed by atoms with Crippen LogP contribution in [0.5, 0.6) is 0 Å². The molecule has 15 heavy (non-hydrogen) atoms. The van der Waals surface area contributed by atoms with Crippen molar-refractivity contribution in [3.63, 3.8) is 0 Å². The van der Waals surface area contributed by atoms with E-state index in [1.54, 1.807) is 0 Å². The van der Waals surface area contributed by atoms with E-state index in [-0.39, 0.29) is 15.2 Å². The standard InChI is InChI=1S/C8H5BrClF2NO2/c9-4-1-3(2-5(14)15)6(10)7(13-4)8(11)12/h1,8H,2H2,(H,14,15). The largest absolute Gasteiger partial charge is 0.481 e. The van der Waals surface area contributed by atoms with Crippen molar-refractivity contribution in [3.05, 3.63) is 26.9 Å². The predicted molar refractivity (Wildman–Crippen MR) is 53.2 cm³/mol. The zero-order valence-corrected chi connectivity index (χ0v) is 9.52. The van der Waals surface area contributed by atoms with Crippen molar-refractivity contribution >= 4 is 33.5 Å². The summed E-state index contributed by atoms with van der Waals surface area (Å²) in [6.45, 7) is 0. The predicted octanol–water partition coefficient (Wildman–Crippen LogP) is 3.06. The number of halogens is 4. The average molecular weight is 300 g/mol. The van der Waals surface area contributed by atoms with Crippen LogP contribution in [0.15, 0.2) is 10.7 Å². The number of carboxylic acid groups (broad SMARTS) is 1. The van der Waals surface area contributed by atoms with E-state index in [2.05, 4.69) is 20.9 Å². The van der Waals surface area contributed by atoms with Gasteiger partial charge in [0.1, 0.15) is 10.3 Å². The van der Waals surface area contributed by atoms with E-state index in [9.17, 15) is 13.6 Å². The lowest BCUT2D eigenvalue weighted by Crippen LogP contribution is -2.04. The van der Waals surface area contributed by atoms with Gasteiger partial charge in [-0.3, -0.25) is 4.79 Å². The molecule has 0 unspecified atom stereocenters. The van der Waals surface area contributed by atoms with Gasteiger partial charge < -0.3 is 5.11 Å². The highest BCUT2D eigenvalue weighted by Crippen LogP contribution is 2.30. The maximum absolute atomic E-state index is 12.4. The van der Waals surface area contributed by atoms with Crippen molar-refractivity contribution in [2.45, 2.75) is 12.8 Å². The van der Waals surface area contributed by atoms with Crippen LogP contribution in [0.3, 0.4) is 0 Å². The molecule has 3 nitrogen and oxygen atoms in total. The number of pyridine rings is 1. The fraction of sp³-hybridized carbons (Fsp3) is 0.250. The summed E-state index contributed by atoms with van der Waals surface area (Å²) in [7, 11) is 0. The van der Waals surface area contributed by atoms with Gasteiger partial charge in [0.05, 0.1) is 11.4 Å². The molecule has 0 saturated heterocycles. The SMILES string of the molecule is O=C(O)Cc1cc(Br)nc(C(F)F)c1Cl. The summed E-state index contributed by atoms with van der Waals surface area (Å²) in [6, 6.07) is 1.31. The molecular formula is C8H5BrClF2NO2. The first kappa shape index (κ1) is 12.3. The summed E-state index contributed by atoms with van der Waals surface area (Å²) < 4.78 is 25.0. The second-order valence-corrected chi connectivity index (χ2v) is 3.86. The van der Waals surface area contributed by atoms with Gasteiger partial charge in [0.25, 0.3) is 6.43 Å². The summed E-state index contributed by atoms with van der Waals surface area (Å²) >= 11 is 8.50. The Morgan fingerprint density at radius 1 is 1.67 bits per heavy atom. The van der Waals surface area contributed by atoms with Crippen molar-refractivity contribution < 1.29 is 18.7 Å². The fourth-order valence-corrected chi connectivity index (χ4v) is 1.72. The Morgan fingerprint density at radius 3 is 2.73 bits per heavy atom. The lowest BCUT2D eigenvalue weighted by Gasteiger charge is -2.07. The Hall–Kier alpha value is -0.750. The first-order valence-electron chi connectivity index (χ1n) is 3.76. The smallest absolute Gasteiger partial charge is 0.307 e. The molecule has 1 heterocycles. The number of hydrogen-bond acceptors (Lipinski definition) is 2. The number of carbonyl (C=O) groups is 1. The molecule has 0 saturated carbocycles. The molecule has 0 aliphatic rings. The second-order valence-electron chi connectivity index (χ2n) is 2.67. The zero-order chi connectivity index (χ0) is 11.6. The summed E-state index contributed by atoms with van der Waals surface area (Å²) in [5.41, 5.74) is -0.497. The number of rotatable bonds is 3. The zero-order valence-electron chi connectivity index (χ0n) is 7.18. The van der Waals surface area contributed by atoms with Crippen molar-refractivity contribution in [1.82, 2.24) is 4.98 Å². The number of aliphatic carboxylic acids is 1. The van der Waals surface area contributed by atoms with Crippen LogP contribution in [0.25, 0.3) is 0 Å². The molecule has 0 fully saturated rings. The Labute approximate surface area is 97.2 Å². The molecule has 0 atom stereocenters. The Kier molecular flexibility index (Phi) is 3.98. The van der Waals surface area contributed by atoms with Crippen molar-refractivity contribution in [2.24, 2.45) is 0 Å². The Bertz CT molecular complexity index is 400. The van der Waals surface area contributed by atoms with Crippen molar-refractivity contribution in [1.29, 1.82) is 0 Å². The van der Waals surface area contributed by atoms with Gasteiger partial charge in [-0.05, 0) is 27.6 Å². The van der Waals surface area contributed by atoms with Gasteiger partial charge in [0, 0.05) is 0 Å². The summed E-state index contributed by atoms with van der Waals surface area (Å²) in [5.74, 6) is -1.14. The van der Waals surface area contributed by atoms with Crippen LogP contribution in [0, 0.1) is 0 Å². The van der Waals surface area contributed by atoms with Gasteiger partial charge in [0.15, 0.2) is 0 Å². The normalized spacial score (nSPS) is 10.7. The van der Waals surface area contributed by atoms with Crippen LogP contribution in [-0.2, 0) is 11.2 Å². The van der Waals surface area contributed by atoms with Gasteiger partial charge >= 0.3 is 5.97 Å². The minimum absolute atomic E-state index is 0.112. The quantitative estimate of drug-likeness (QED) is 0.873. The summed E-state index contributed by atoms with van der Waals surface area (Å²) in [4.78, 5) is 13.9. The highest BCUT2D eigenvalue weighted by molar-refractivity contribution is 9.10. The number of alkyl halides is 2. The maximum Gasteiger partial charge on any atom is 0.307 e. The van der Waals surface area contributed by atoms with E-state index in [0.717, 1.165) is 0 Å². The number of aromatic nitrogens is 1. The third kappa shape index (κ3) is 3.10. The summed E-state index contributed by atoms with van der Waals surface area (Å²) in [6.07, 6.45) is -3.25. The van der Waals surface area contributed by atoms with Crippen LogP contribution < -0.4 is 0 Å². The van der Waals surface area contributed by atoms with Gasteiger partial charge in [-0.1, -0.05) is 11.6 Å². The monoisotopic (exact) mass is 299 g/mol. The van der Waals surface area contributed by atoms with Crippen LogP contribution in [-0.4, -0.2) is 16.1 Å². The Morgan fingerprint density at radius 2 is 2.27 bits per heavy atom. The van der Waals surface area contributed by atoms with Crippen LogP contribution >= 0.6 is 27.5 Å². The second kappa shape index (κ2) is 4.85. The van der Waals surface area contributed by atoms with Gasteiger partial charge in [-0.25, -0.2) is 13.8 Å².